The monoisotopic (exact) mass is 273 g/mol. The second-order valence-electron chi connectivity index (χ2n) is 4.62. The van der Waals surface area contributed by atoms with Gasteiger partial charge in [-0.1, -0.05) is 24.3 Å². The van der Waals surface area contributed by atoms with Crippen molar-refractivity contribution < 1.29 is 9.53 Å². The number of anilines is 2. The second kappa shape index (κ2) is 5.77. The Kier molecular flexibility index (Phi) is 4.08. The molecule has 0 saturated heterocycles. The normalized spacial score (nSPS) is 10.4. The van der Waals surface area contributed by atoms with Crippen LogP contribution in [0.3, 0.4) is 0 Å². The van der Waals surface area contributed by atoms with Crippen molar-refractivity contribution in [3.8, 4) is 0 Å². The number of aromatic nitrogens is 1. The quantitative estimate of drug-likeness (QED) is 0.865. The summed E-state index contributed by atoms with van der Waals surface area (Å²) in [6, 6.07) is 8.01. The fourth-order valence-corrected chi connectivity index (χ4v) is 2.31. The molecular formula is C15H19N3O2. The Morgan fingerprint density at radius 3 is 2.60 bits per heavy atom. The molecule has 2 rings (SSSR count). The number of carbonyl (C=O) groups is 1. The van der Waals surface area contributed by atoms with Crippen LogP contribution < -0.4 is 10.2 Å². The van der Waals surface area contributed by atoms with Crippen molar-refractivity contribution in [2.45, 2.75) is 6.92 Å². The van der Waals surface area contributed by atoms with Crippen molar-refractivity contribution in [2.24, 2.45) is 0 Å². The summed E-state index contributed by atoms with van der Waals surface area (Å²) < 4.78 is 4.71. The summed E-state index contributed by atoms with van der Waals surface area (Å²) in [6.07, 6.45) is 0. The molecule has 0 amide bonds. The molecule has 0 spiro atoms. The molecule has 1 aromatic carbocycles. The van der Waals surface area contributed by atoms with Gasteiger partial charge in [-0.25, -0.2) is 4.98 Å². The highest BCUT2D eigenvalue weighted by molar-refractivity contribution is 6.01. The van der Waals surface area contributed by atoms with Gasteiger partial charge in [-0.05, 0) is 6.92 Å². The van der Waals surface area contributed by atoms with Crippen molar-refractivity contribution in [3.63, 3.8) is 0 Å². The van der Waals surface area contributed by atoms with E-state index in [-0.39, 0.29) is 12.5 Å². The molecule has 0 bridgehead atoms. The zero-order valence-corrected chi connectivity index (χ0v) is 12.2. The average molecular weight is 273 g/mol. The summed E-state index contributed by atoms with van der Waals surface area (Å²) in [6.45, 7) is 2.12. The lowest BCUT2D eigenvalue weighted by Crippen LogP contribution is -2.27. The predicted molar refractivity (Wildman–Crippen MR) is 81.3 cm³/mol. The van der Waals surface area contributed by atoms with E-state index in [1.165, 1.54) is 7.11 Å². The van der Waals surface area contributed by atoms with Gasteiger partial charge in [-0.3, -0.25) is 4.79 Å². The average Bonchev–Trinajstić information content (AvgIpc) is 2.46. The number of nitrogens with zero attached hydrogens (tertiary/aromatic N) is 2. The number of methoxy groups -OCH3 is 1. The number of hydrogen-bond acceptors (Lipinski definition) is 5. The molecule has 0 aliphatic carbocycles. The maximum atomic E-state index is 11.4. The smallest absolute Gasteiger partial charge is 0.325 e. The molecular weight excluding hydrogens is 254 g/mol. The van der Waals surface area contributed by atoms with Gasteiger partial charge in [0.05, 0.1) is 18.5 Å². The number of fused-ring (bicyclic) bond motifs is 1. The lowest BCUT2D eigenvalue weighted by molar-refractivity contribution is -0.138. The molecule has 5 heteroatoms. The molecule has 20 heavy (non-hydrogen) atoms. The van der Waals surface area contributed by atoms with Crippen LogP contribution in [0.2, 0.25) is 0 Å². The fraction of sp³-hybridized carbons (Fsp3) is 0.333. The standard InChI is InChI=1S/C15H19N3O2/c1-10-14(16-2)11-7-5-6-8-12(11)15(17-10)18(3)9-13(19)20-4/h5-8,16H,9H2,1-4H3. The molecule has 0 aliphatic heterocycles. The van der Waals surface area contributed by atoms with Crippen LogP contribution in [-0.2, 0) is 9.53 Å². The van der Waals surface area contributed by atoms with E-state index in [2.05, 4.69) is 10.3 Å². The van der Waals surface area contributed by atoms with Gasteiger partial charge in [-0.2, -0.15) is 0 Å². The molecule has 2 aromatic rings. The van der Waals surface area contributed by atoms with Gasteiger partial charge >= 0.3 is 5.97 Å². The Morgan fingerprint density at radius 2 is 2.00 bits per heavy atom. The largest absolute Gasteiger partial charge is 0.468 e. The SMILES string of the molecule is CNc1c(C)nc(N(C)CC(=O)OC)c2ccccc12. The first-order valence-electron chi connectivity index (χ1n) is 6.43. The minimum absolute atomic E-state index is 0.172. The minimum Gasteiger partial charge on any atom is -0.468 e. The van der Waals surface area contributed by atoms with Gasteiger partial charge in [0.2, 0.25) is 0 Å². The Morgan fingerprint density at radius 1 is 1.35 bits per heavy atom. The zero-order valence-electron chi connectivity index (χ0n) is 12.2. The molecule has 0 radical (unpaired) electrons. The maximum absolute atomic E-state index is 11.4. The second-order valence-corrected chi connectivity index (χ2v) is 4.62. The number of aryl methyl sites for hydroxylation is 1. The van der Waals surface area contributed by atoms with Gasteiger partial charge in [0, 0.05) is 24.9 Å². The van der Waals surface area contributed by atoms with E-state index in [9.17, 15) is 4.79 Å². The molecule has 0 aliphatic rings. The number of pyridine rings is 1. The lowest BCUT2D eigenvalue weighted by atomic mass is 10.1. The van der Waals surface area contributed by atoms with Crippen molar-refractivity contribution in [1.29, 1.82) is 0 Å². The Labute approximate surface area is 118 Å². The van der Waals surface area contributed by atoms with Crippen LogP contribution in [0, 0.1) is 6.92 Å². The summed E-state index contributed by atoms with van der Waals surface area (Å²) in [5, 5.41) is 5.28. The summed E-state index contributed by atoms with van der Waals surface area (Å²) in [7, 11) is 5.11. The first-order chi connectivity index (χ1) is 9.58. The minimum atomic E-state index is -0.284. The lowest BCUT2D eigenvalue weighted by Gasteiger charge is -2.21. The van der Waals surface area contributed by atoms with E-state index < -0.39 is 0 Å². The predicted octanol–water partition coefficient (Wildman–Crippen LogP) is 2.19. The molecule has 1 N–H and O–H groups in total. The summed E-state index contributed by atoms with van der Waals surface area (Å²) in [5.41, 5.74) is 1.91. The highest BCUT2D eigenvalue weighted by Gasteiger charge is 2.15. The highest BCUT2D eigenvalue weighted by atomic mass is 16.5. The number of hydrogen-bond donors (Lipinski definition) is 1. The van der Waals surface area contributed by atoms with Crippen molar-refractivity contribution in [1.82, 2.24) is 4.98 Å². The van der Waals surface area contributed by atoms with E-state index in [4.69, 9.17) is 4.74 Å². The van der Waals surface area contributed by atoms with Crippen molar-refractivity contribution in [2.75, 3.05) is 38.0 Å². The first-order valence-corrected chi connectivity index (χ1v) is 6.43. The van der Waals surface area contributed by atoms with Gasteiger partial charge in [-0.15, -0.1) is 0 Å². The van der Waals surface area contributed by atoms with E-state index >= 15 is 0 Å². The number of nitrogens with one attached hydrogen (secondary N) is 1. The summed E-state index contributed by atoms with van der Waals surface area (Å²) in [5.74, 6) is 0.497. The third-order valence-electron chi connectivity index (χ3n) is 3.28. The fourth-order valence-electron chi connectivity index (χ4n) is 2.31. The van der Waals surface area contributed by atoms with E-state index in [0.717, 1.165) is 28.0 Å². The third kappa shape index (κ3) is 2.52. The number of carbonyl (C=O) groups excluding carboxylic acids is 1. The topological polar surface area (TPSA) is 54.5 Å². The molecule has 0 saturated carbocycles. The Hall–Kier alpha value is -2.30. The van der Waals surface area contributed by atoms with Gasteiger partial charge in [0.1, 0.15) is 12.4 Å². The highest BCUT2D eigenvalue weighted by Crippen LogP contribution is 2.31. The van der Waals surface area contributed by atoms with E-state index in [1.807, 2.05) is 45.3 Å². The van der Waals surface area contributed by atoms with Crippen LogP contribution in [-0.4, -0.2) is 38.7 Å². The number of likely N-dealkylation sites (N-methyl/N-ethyl adjacent to an activating group) is 1. The van der Waals surface area contributed by atoms with Crippen LogP contribution >= 0.6 is 0 Å². The van der Waals surface area contributed by atoms with Gasteiger partial charge in [0.25, 0.3) is 0 Å². The van der Waals surface area contributed by atoms with Crippen LogP contribution in [0.15, 0.2) is 24.3 Å². The molecule has 106 valence electrons. The number of rotatable bonds is 4. The molecule has 1 heterocycles. The van der Waals surface area contributed by atoms with Crippen LogP contribution in [0.1, 0.15) is 5.69 Å². The molecule has 5 nitrogen and oxygen atoms in total. The molecule has 0 atom stereocenters. The maximum Gasteiger partial charge on any atom is 0.325 e. The van der Waals surface area contributed by atoms with Gasteiger partial charge < -0.3 is 15.0 Å². The first kappa shape index (κ1) is 14.1. The number of benzene rings is 1. The zero-order chi connectivity index (χ0) is 14.7. The molecule has 0 unspecified atom stereocenters. The van der Waals surface area contributed by atoms with Crippen LogP contribution in [0.25, 0.3) is 10.8 Å². The summed E-state index contributed by atoms with van der Waals surface area (Å²) >= 11 is 0. The van der Waals surface area contributed by atoms with Crippen LogP contribution in [0.5, 0.6) is 0 Å². The van der Waals surface area contributed by atoms with E-state index in [1.54, 1.807) is 4.90 Å². The number of esters is 1. The Balaban J connectivity index is 2.56. The van der Waals surface area contributed by atoms with Gasteiger partial charge in [0.15, 0.2) is 0 Å². The van der Waals surface area contributed by atoms with Crippen molar-refractivity contribution >= 4 is 28.2 Å². The van der Waals surface area contributed by atoms with Crippen LogP contribution in [0.4, 0.5) is 11.5 Å². The third-order valence-corrected chi connectivity index (χ3v) is 3.28. The molecule has 1 aromatic heterocycles. The number of ether oxygens (including phenoxy) is 1. The van der Waals surface area contributed by atoms with E-state index in [0.29, 0.717) is 0 Å². The summed E-state index contributed by atoms with van der Waals surface area (Å²) in [4.78, 5) is 17.9. The molecule has 0 fully saturated rings. The van der Waals surface area contributed by atoms with Crippen molar-refractivity contribution in [3.05, 3.63) is 30.0 Å². The Bertz CT molecular complexity index is 640.